The first-order valence-corrected chi connectivity index (χ1v) is 6.62. The average molecular weight is 251 g/mol. The summed E-state index contributed by atoms with van der Waals surface area (Å²) in [5, 5.41) is 3.41. The van der Waals surface area contributed by atoms with Crippen molar-refractivity contribution in [3.63, 3.8) is 0 Å². The maximum absolute atomic E-state index is 6.05. The first-order chi connectivity index (χ1) is 9.38. The summed E-state index contributed by atoms with van der Waals surface area (Å²) in [5.41, 5.74) is 3.47. The van der Waals surface area contributed by atoms with E-state index in [0.717, 1.165) is 42.2 Å². The van der Waals surface area contributed by atoms with Gasteiger partial charge in [-0.15, -0.1) is 6.58 Å². The zero-order valence-corrected chi connectivity index (χ0v) is 10.9. The van der Waals surface area contributed by atoms with Gasteiger partial charge in [-0.1, -0.05) is 24.3 Å². The molecule has 0 spiro atoms. The van der Waals surface area contributed by atoms with Crippen LogP contribution in [0.25, 0.3) is 5.70 Å². The molecule has 2 aliphatic rings. The Morgan fingerprint density at radius 2 is 2.21 bits per heavy atom. The molecule has 1 heterocycles. The fraction of sp³-hybridized carbons (Fsp3) is 0.176. The largest absolute Gasteiger partial charge is 0.456 e. The number of nitrogens with one attached hydrogen (secondary N) is 1. The summed E-state index contributed by atoms with van der Waals surface area (Å²) in [6.45, 7) is 4.51. The van der Waals surface area contributed by atoms with E-state index >= 15 is 0 Å². The third-order valence-corrected chi connectivity index (χ3v) is 3.32. The zero-order chi connectivity index (χ0) is 13.1. The van der Waals surface area contributed by atoms with Crippen LogP contribution in [0.1, 0.15) is 18.4 Å². The molecule has 1 aliphatic heterocycles. The second kappa shape index (κ2) is 5.19. The molecule has 0 saturated heterocycles. The molecule has 1 N–H and O–H groups in total. The van der Waals surface area contributed by atoms with Crippen LogP contribution in [0, 0.1) is 0 Å². The van der Waals surface area contributed by atoms with E-state index in [1.807, 2.05) is 24.3 Å². The smallest absolute Gasteiger partial charge is 0.136 e. The van der Waals surface area contributed by atoms with E-state index in [0.29, 0.717) is 0 Å². The Bertz CT molecular complexity index is 593. The zero-order valence-electron chi connectivity index (χ0n) is 10.9. The molecule has 19 heavy (non-hydrogen) atoms. The van der Waals surface area contributed by atoms with Crippen LogP contribution in [-0.2, 0) is 0 Å². The lowest BCUT2D eigenvalue weighted by atomic mass is 10.0. The number of rotatable bonds is 3. The topological polar surface area (TPSA) is 21.3 Å². The van der Waals surface area contributed by atoms with Gasteiger partial charge in [0.05, 0.1) is 0 Å². The van der Waals surface area contributed by atoms with Crippen molar-refractivity contribution in [2.75, 3.05) is 6.54 Å². The molecule has 0 aromatic heterocycles. The number of hydrogen-bond donors (Lipinski definition) is 1. The average Bonchev–Trinajstić information content (AvgIpc) is 2.61. The van der Waals surface area contributed by atoms with Gasteiger partial charge in [0.2, 0.25) is 0 Å². The summed E-state index contributed by atoms with van der Waals surface area (Å²) < 4.78 is 6.05. The van der Waals surface area contributed by atoms with Crippen LogP contribution < -0.4 is 10.1 Å². The molecule has 0 fully saturated rings. The fourth-order valence-corrected chi connectivity index (χ4v) is 2.38. The Kier molecular flexibility index (Phi) is 3.23. The molecule has 0 bridgehead atoms. The normalized spacial score (nSPS) is 16.7. The Hall–Kier alpha value is -2.22. The van der Waals surface area contributed by atoms with E-state index in [1.165, 1.54) is 5.57 Å². The van der Waals surface area contributed by atoms with Gasteiger partial charge in [-0.3, -0.25) is 0 Å². The second-order valence-electron chi connectivity index (χ2n) is 4.66. The van der Waals surface area contributed by atoms with E-state index in [-0.39, 0.29) is 0 Å². The van der Waals surface area contributed by atoms with E-state index in [4.69, 9.17) is 4.74 Å². The van der Waals surface area contributed by atoms with Crippen molar-refractivity contribution in [3.05, 3.63) is 72.0 Å². The highest BCUT2D eigenvalue weighted by molar-refractivity contribution is 5.73. The summed E-state index contributed by atoms with van der Waals surface area (Å²) in [7, 11) is 0. The molecule has 0 saturated carbocycles. The molecule has 0 atom stereocenters. The van der Waals surface area contributed by atoms with Crippen LogP contribution in [0.5, 0.6) is 5.75 Å². The van der Waals surface area contributed by atoms with Gasteiger partial charge in [-0.2, -0.15) is 0 Å². The standard InChI is InChI=1S/C17H17NO/c1-2-11-18-15-12-13-7-3-5-9-16(13)19-17-10-6-4-8-14(15)17/h2,4-6,8-10,12,18H,1,3,7,11H2. The van der Waals surface area contributed by atoms with Crippen LogP contribution in [0.3, 0.4) is 0 Å². The molecule has 0 unspecified atom stereocenters. The Balaban J connectivity index is 2.07. The maximum atomic E-state index is 6.05. The quantitative estimate of drug-likeness (QED) is 0.825. The van der Waals surface area contributed by atoms with Gasteiger partial charge in [-0.05, 0) is 42.7 Å². The van der Waals surface area contributed by atoms with Crippen LogP contribution >= 0.6 is 0 Å². The van der Waals surface area contributed by atoms with Crippen LogP contribution in [0.2, 0.25) is 0 Å². The fourth-order valence-electron chi connectivity index (χ4n) is 2.38. The Labute approximate surface area is 113 Å². The van der Waals surface area contributed by atoms with E-state index in [9.17, 15) is 0 Å². The Morgan fingerprint density at radius 3 is 3.11 bits per heavy atom. The Morgan fingerprint density at radius 1 is 1.32 bits per heavy atom. The second-order valence-corrected chi connectivity index (χ2v) is 4.66. The van der Waals surface area contributed by atoms with Gasteiger partial charge in [-0.25, -0.2) is 0 Å². The molecule has 0 radical (unpaired) electrons. The number of allylic oxidation sites excluding steroid dienone is 4. The van der Waals surface area contributed by atoms with Crippen LogP contribution in [-0.4, -0.2) is 6.54 Å². The third kappa shape index (κ3) is 2.34. The highest BCUT2D eigenvalue weighted by Gasteiger charge is 2.18. The van der Waals surface area contributed by atoms with Crippen molar-refractivity contribution in [2.24, 2.45) is 0 Å². The molecule has 0 amide bonds. The van der Waals surface area contributed by atoms with Crippen molar-refractivity contribution < 1.29 is 4.74 Å². The van der Waals surface area contributed by atoms with Crippen LogP contribution in [0.4, 0.5) is 0 Å². The molecule has 1 aromatic rings. The molecule has 96 valence electrons. The van der Waals surface area contributed by atoms with E-state index in [1.54, 1.807) is 0 Å². The molecular formula is C17H17NO. The lowest BCUT2D eigenvalue weighted by Crippen LogP contribution is -2.12. The van der Waals surface area contributed by atoms with Crippen molar-refractivity contribution >= 4 is 5.70 Å². The SMILES string of the molecule is C=CCNC1=CC2=C(C=CCC2)Oc2ccccc21. The van der Waals surface area contributed by atoms with E-state index < -0.39 is 0 Å². The summed E-state index contributed by atoms with van der Waals surface area (Å²) in [6, 6.07) is 8.13. The van der Waals surface area contributed by atoms with Gasteiger partial charge in [0.1, 0.15) is 11.5 Å². The molecule has 1 aliphatic carbocycles. The highest BCUT2D eigenvalue weighted by Crippen LogP contribution is 2.34. The molecule has 1 aromatic carbocycles. The van der Waals surface area contributed by atoms with Gasteiger partial charge >= 0.3 is 0 Å². The van der Waals surface area contributed by atoms with Crippen molar-refractivity contribution in [3.8, 4) is 5.75 Å². The van der Waals surface area contributed by atoms with Crippen molar-refractivity contribution in [1.29, 1.82) is 0 Å². The molecule has 3 rings (SSSR count). The first-order valence-electron chi connectivity index (χ1n) is 6.62. The summed E-state index contributed by atoms with van der Waals surface area (Å²) in [4.78, 5) is 0. The summed E-state index contributed by atoms with van der Waals surface area (Å²) in [5.74, 6) is 1.87. The van der Waals surface area contributed by atoms with E-state index in [2.05, 4.69) is 36.2 Å². The lowest BCUT2D eigenvalue weighted by molar-refractivity contribution is 0.435. The minimum Gasteiger partial charge on any atom is -0.456 e. The predicted octanol–water partition coefficient (Wildman–Crippen LogP) is 3.80. The number of fused-ring (bicyclic) bond motifs is 1. The number of ether oxygens (including phenoxy) is 1. The molecular weight excluding hydrogens is 234 g/mol. The van der Waals surface area contributed by atoms with Gasteiger partial charge in [0, 0.05) is 17.8 Å². The first kappa shape index (κ1) is 11.8. The van der Waals surface area contributed by atoms with Gasteiger partial charge < -0.3 is 10.1 Å². The number of hydrogen-bond acceptors (Lipinski definition) is 2. The minimum atomic E-state index is 0.749. The highest BCUT2D eigenvalue weighted by atomic mass is 16.5. The minimum absolute atomic E-state index is 0.749. The van der Waals surface area contributed by atoms with Gasteiger partial charge in [0.25, 0.3) is 0 Å². The third-order valence-electron chi connectivity index (χ3n) is 3.32. The van der Waals surface area contributed by atoms with Crippen molar-refractivity contribution in [1.82, 2.24) is 5.32 Å². The predicted molar refractivity (Wildman–Crippen MR) is 78.6 cm³/mol. The monoisotopic (exact) mass is 251 g/mol. The summed E-state index contributed by atoms with van der Waals surface area (Å²) >= 11 is 0. The molecule has 2 nitrogen and oxygen atoms in total. The van der Waals surface area contributed by atoms with Crippen LogP contribution in [0.15, 0.2) is 66.5 Å². The summed E-state index contributed by atoms with van der Waals surface area (Å²) in [6.07, 6.45) is 10.4. The van der Waals surface area contributed by atoms with Gasteiger partial charge in [0.15, 0.2) is 0 Å². The van der Waals surface area contributed by atoms with Crippen molar-refractivity contribution in [2.45, 2.75) is 12.8 Å². The number of para-hydroxylation sites is 1. The lowest BCUT2D eigenvalue weighted by Gasteiger charge is -2.13. The number of benzene rings is 1. The maximum Gasteiger partial charge on any atom is 0.136 e. The molecule has 2 heteroatoms.